The molecule has 3 aliphatic rings. The van der Waals surface area contributed by atoms with E-state index in [1.807, 2.05) is 12.2 Å². The fourth-order valence-corrected chi connectivity index (χ4v) is 4.68. The second-order valence-electron chi connectivity index (χ2n) is 5.94. The van der Waals surface area contributed by atoms with Crippen LogP contribution >= 0.6 is 10.7 Å². The number of carbonyl (C=O) groups excluding carboxylic acids is 2. The highest BCUT2D eigenvalue weighted by molar-refractivity contribution is 8.13. The van der Waals surface area contributed by atoms with Crippen molar-refractivity contribution in [2.45, 2.75) is 11.3 Å². The van der Waals surface area contributed by atoms with Gasteiger partial charge in [-0.05, 0) is 42.5 Å². The molecule has 1 saturated carbocycles. The van der Waals surface area contributed by atoms with Crippen molar-refractivity contribution in [3.8, 4) is 0 Å². The van der Waals surface area contributed by atoms with Crippen LogP contribution in [0.3, 0.4) is 0 Å². The van der Waals surface area contributed by atoms with Crippen molar-refractivity contribution in [3.05, 3.63) is 36.4 Å². The van der Waals surface area contributed by atoms with Crippen molar-refractivity contribution in [2.24, 2.45) is 23.7 Å². The summed E-state index contributed by atoms with van der Waals surface area (Å²) in [5.41, 5.74) is 0.396. The molecule has 2 bridgehead atoms. The van der Waals surface area contributed by atoms with E-state index in [1.54, 1.807) is 0 Å². The lowest BCUT2D eigenvalue weighted by Crippen LogP contribution is -2.32. The summed E-state index contributed by atoms with van der Waals surface area (Å²) in [4.78, 5) is 26.3. The van der Waals surface area contributed by atoms with Gasteiger partial charge in [0.25, 0.3) is 9.05 Å². The number of halogens is 1. The molecule has 4 atom stereocenters. The molecule has 4 rings (SSSR count). The Bertz CT molecular complexity index is 784. The normalized spacial score (nSPS) is 32.9. The van der Waals surface area contributed by atoms with Crippen molar-refractivity contribution in [2.75, 3.05) is 4.90 Å². The maximum absolute atomic E-state index is 12.6. The molecular formula is C15H12ClNO4S. The van der Waals surface area contributed by atoms with Crippen LogP contribution in [0.25, 0.3) is 0 Å². The molecule has 22 heavy (non-hydrogen) atoms. The third kappa shape index (κ3) is 1.80. The first-order valence-electron chi connectivity index (χ1n) is 6.99. The topological polar surface area (TPSA) is 71.5 Å². The van der Waals surface area contributed by atoms with E-state index >= 15 is 0 Å². The van der Waals surface area contributed by atoms with E-state index in [0.29, 0.717) is 5.69 Å². The predicted molar refractivity (Wildman–Crippen MR) is 79.7 cm³/mol. The molecule has 0 N–H and O–H groups in total. The monoisotopic (exact) mass is 337 g/mol. The molecule has 7 heteroatoms. The average Bonchev–Trinajstić information content (AvgIpc) is 3.12. The zero-order chi connectivity index (χ0) is 15.6. The first kappa shape index (κ1) is 14.0. The van der Waals surface area contributed by atoms with Crippen molar-refractivity contribution < 1.29 is 18.0 Å². The Morgan fingerprint density at radius 3 is 1.91 bits per heavy atom. The maximum atomic E-state index is 12.6. The molecule has 1 heterocycles. The molecule has 0 unspecified atom stereocenters. The summed E-state index contributed by atoms with van der Waals surface area (Å²) in [6.45, 7) is 0. The molecule has 2 amide bonds. The van der Waals surface area contributed by atoms with Gasteiger partial charge in [-0.2, -0.15) is 0 Å². The number of rotatable bonds is 2. The lowest BCUT2D eigenvalue weighted by Gasteiger charge is -2.17. The van der Waals surface area contributed by atoms with Crippen LogP contribution in [0.5, 0.6) is 0 Å². The summed E-state index contributed by atoms with van der Waals surface area (Å²) in [6.07, 6.45) is 4.94. The van der Waals surface area contributed by atoms with E-state index in [2.05, 4.69) is 0 Å². The molecule has 0 radical (unpaired) electrons. The van der Waals surface area contributed by atoms with Crippen LogP contribution in [-0.4, -0.2) is 20.2 Å². The molecule has 0 aromatic heterocycles. The summed E-state index contributed by atoms with van der Waals surface area (Å²) >= 11 is 0. The van der Waals surface area contributed by atoms with Crippen LogP contribution in [-0.2, 0) is 18.6 Å². The van der Waals surface area contributed by atoms with E-state index in [1.165, 1.54) is 29.2 Å². The van der Waals surface area contributed by atoms with Gasteiger partial charge in [0.05, 0.1) is 22.4 Å². The number of imide groups is 1. The lowest BCUT2D eigenvalue weighted by molar-refractivity contribution is -0.123. The molecule has 1 saturated heterocycles. The highest BCUT2D eigenvalue weighted by Gasteiger charge is 2.59. The number of anilines is 1. The second kappa shape index (κ2) is 4.43. The van der Waals surface area contributed by atoms with E-state index in [4.69, 9.17) is 10.7 Å². The molecule has 1 aromatic carbocycles. The number of benzene rings is 1. The molecule has 0 spiro atoms. The Morgan fingerprint density at radius 2 is 1.45 bits per heavy atom. The third-order valence-corrected chi connectivity index (χ3v) is 6.22. The first-order chi connectivity index (χ1) is 10.4. The van der Waals surface area contributed by atoms with Gasteiger partial charge in [-0.25, -0.2) is 8.42 Å². The van der Waals surface area contributed by atoms with Gasteiger partial charge in [0.2, 0.25) is 11.8 Å². The number of amides is 2. The summed E-state index contributed by atoms with van der Waals surface area (Å²) in [6, 6.07) is 5.50. The molecule has 2 fully saturated rings. The van der Waals surface area contributed by atoms with Gasteiger partial charge in [0.15, 0.2) is 0 Å². The second-order valence-corrected chi connectivity index (χ2v) is 8.51. The van der Waals surface area contributed by atoms with Gasteiger partial charge in [-0.15, -0.1) is 0 Å². The first-order valence-corrected chi connectivity index (χ1v) is 9.30. The summed E-state index contributed by atoms with van der Waals surface area (Å²) in [5, 5.41) is 0. The lowest BCUT2D eigenvalue weighted by atomic mass is 9.85. The third-order valence-electron chi connectivity index (χ3n) is 4.85. The fraction of sp³-hybridized carbons (Fsp3) is 0.333. The van der Waals surface area contributed by atoms with Crippen LogP contribution in [0.4, 0.5) is 5.69 Å². The van der Waals surface area contributed by atoms with Crippen LogP contribution in [0.1, 0.15) is 6.42 Å². The van der Waals surface area contributed by atoms with Crippen LogP contribution in [0.2, 0.25) is 0 Å². The zero-order valence-electron chi connectivity index (χ0n) is 11.3. The van der Waals surface area contributed by atoms with Gasteiger partial charge in [0.1, 0.15) is 0 Å². The molecule has 5 nitrogen and oxygen atoms in total. The Balaban J connectivity index is 1.70. The fourth-order valence-electron chi connectivity index (χ4n) is 3.91. The largest absolute Gasteiger partial charge is 0.274 e. The van der Waals surface area contributed by atoms with E-state index < -0.39 is 9.05 Å². The summed E-state index contributed by atoms with van der Waals surface area (Å²) in [5.74, 6) is -0.600. The van der Waals surface area contributed by atoms with Crippen LogP contribution in [0.15, 0.2) is 41.3 Å². The van der Waals surface area contributed by atoms with Gasteiger partial charge in [0, 0.05) is 10.7 Å². The molecule has 114 valence electrons. The van der Waals surface area contributed by atoms with Crippen LogP contribution < -0.4 is 4.90 Å². The number of carbonyl (C=O) groups is 2. The smallest absolute Gasteiger partial charge is 0.261 e. The summed E-state index contributed by atoms with van der Waals surface area (Å²) in [7, 11) is 1.45. The van der Waals surface area contributed by atoms with Crippen molar-refractivity contribution in [1.29, 1.82) is 0 Å². The maximum Gasteiger partial charge on any atom is 0.261 e. The van der Waals surface area contributed by atoms with Gasteiger partial charge in [-0.3, -0.25) is 14.5 Å². The standard InChI is InChI=1S/C15H12ClNO4S/c16-22(20,21)11-5-3-10(4-6-11)17-14(18)12-8-1-2-9(7-8)13(12)15(17)19/h1-6,8-9,12-13H,7H2/t8-,9+,12-,13+. The number of allylic oxidation sites excluding steroid dienone is 2. The van der Waals surface area contributed by atoms with E-state index in [9.17, 15) is 18.0 Å². The molecule has 1 aromatic rings. The minimum atomic E-state index is -3.82. The SMILES string of the molecule is O=C1[C@@H]2[C@H](C(=O)N1c1ccc(S(=O)(=O)Cl)cc1)[C@@H]1C=C[C@H]2C1. The molecule has 1 aliphatic heterocycles. The minimum absolute atomic E-state index is 0.0565. The van der Waals surface area contributed by atoms with Crippen molar-refractivity contribution in [1.82, 2.24) is 0 Å². The van der Waals surface area contributed by atoms with E-state index in [0.717, 1.165) is 6.42 Å². The Labute approximate surface area is 132 Å². The molecule has 2 aliphatic carbocycles. The van der Waals surface area contributed by atoms with Gasteiger partial charge >= 0.3 is 0 Å². The average molecular weight is 338 g/mol. The Hall–Kier alpha value is -1.66. The predicted octanol–water partition coefficient (Wildman–Crippen LogP) is 1.93. The quantitative estimate of drug-likeness (QED) is 0.469. The number of hydrogen-bond acceptors (Lipinski definition) is 4. The van der Waals surface area contributed by atoms with Crippen molar-refractivity contribution in [3.63, 3.8) is 0 Å². The minimum Gasteiger partial charge on any atom is -0.274 e. The summed E-state index contributed by atoms with van der Waals surface area (Å²) < 4.78 is 22.5. The molecular weight excluding hydrogens is 326 g/mol. The number of hydrogen-bond donors (Lipinski definition) is 0. The highest BCUT2D eigenvalue weighted by atomic mass is 35.7. The Kier molecular flexibility index (Phi) is 2.81. The zero-order valence-corrected chi connectivity index (χ0v) is 12.9. The van der Waals surface area contributed by atoms with Crippen molar-refractivity contribution >= 4 is 37.2 Å². The number of nitrogens with zero attached hydrogens (tertiary/aromatic N) is 1. The highest BCUT2D eigenvalue weighted by Crippen LogP contribution is 2.53. The Morgan fingerprint density at radius 1 is 0.955 bits per heavy atom. The van der Waals surface area contributed by atoms with Gasteiger partial charge < -0.3 is 0 Å². The van der Waals surface area contributed by atoms with E-state index in [-0.39, 0.29) is 40.4 Å². The van der Waals surface area contributed by atoms with Crippen LogP contribution in [0, 0.1) is 23.7 Å². The number of fused-ring (bicyclic) bond motifs is 5. The van der Waals surface area contributed by atoms with Gasteiger partial charge in [-0.1, -0.05) is 12.2 Å².